The zero-order valence-corrected chi connectivity index (χ0v) is 11.6. The number of carbonyl (C=O) groups is 1. The second kappa shape index (κ2) is 4.89. The smallest absolute Gasteiger partial charge is 0.242 e. The summed E-state index contributed by atoms with van der Waals surface area (Å²) in [6, 6.07) is 3.22. The van der Waals surface area contributed by atoms with Gasteiger partial charge >= 0.3 is 0 Å². The lowest BCUT2D eigenvalue weighted by Gasteiger charge is -2.22. The molecule has 1 aromatic carbocycles. The highest BCUT2D eigenvalue weighted by Crippen LogP contribution is 2.35. The molecule has 1 aromatic rings. The van der Waals surface area contributed by atoms with Gasteiger partial charge in [-0.15, -0.1) is 0 Å². The molecule has 0 aromatic heterocycles. The molecule has 0 saturated heterocycles. The molecule has 0 bridgehead atoms. The summed E-state index contributed by atoms with van der Waals surface area (Å²) in [6.45, 7) is 6.11. The van der Waals surface area contributed by atoms with E-state index in [1.165, 1.54) is 7.11 Å². The minimum atomic E-state index is -1.79. The Morgan fingerprint density at radius 2 is 1.94 bits per heavy atom. The van der Waals surface area contributed by atoms with Gasteiger partial charge in [0.05, 0.1) is 12.7 Å². The third-order valence-electron chi connectivity index (χ3n) is 1.80. The number of ether oxygens (including phenoxy) is 1. The van der Waals surface area contributed by atoms with E-state index in [0.29, 0.717) is 22.1 Å². The fraction of sp³-hybridized carbons (Fsp3) is 0.364. The van der Waals surface area contributed by atoms with Crippen LogP contribution in [-0.4, -0.2) is 21.7 Å². The van der Waals surface area contributed by atoms with Gasteiger partial charge in [0, 0.05) is 11.1 Å². The molecule has 0 aliphatic heterocycles. The predicted octanol–water partition coefficient (Wildman–Crippen LogP) is 3.37. The van der Waals surface area contributed by atoms with E-state index in [9.17, 15) is 4.79 Å². The number of methoxy groups -OCH3 is 1. The summed E-state index contributed by atoms with van der Waals surface area (Å²) in [6.07, 6.45) is 0.726. The van der Waals surface area contributed by atoms with E-state index in [-0.39, 0.29) is 0 Å². The van der Waals surface area contributed by atoms with Crippen molar-refractivity contribution in [1.82, 2.24) is 0 Å². The van der Waals surface area contributed by atoms with Gasteiger partial charge in [-0.1, -0.05) is 11.6 Å². The van der Waals surface area contributed by atoms with Gasteiger partial charge in [0.1, 0.15) is 0 Å². The van der Waals surface area contributed by atoms with Crippen LogP contribution in [0.25, 0.3) is 0 Å². The highest BCUT2D eigenvalue weighted by atomic mass is 35.5. The highest BCUT2D eigenvalue weighted by molar-refractivity contribution is 6.70. The zero-order chi connectivity index (χ0) is 12.3. The Balaban J connectivity index is 3.27. The molecule has 0 aliphatic rings. The lowest BCUT2D eigenvalue weighted by molar-refractivity contribution is 0.112. The fourth-order valence-corrected chi connectivity index (χ4v) is 2.29. The first-order valence-corrected chi connectivity index (χ1v) is 8.67. The van der Waals surface area contributed by atoms with Crippen molar-refractivity contribution in [2.24, 2.45) is 0 Å². The van der Waals surface area contributed by atoms with Crippen molar-refractivity contribution in [3.63, 3.8) is 0 Å². The second-order valence-corrected chi connectivity index (χ2v) is 9.22. The lowest BCUT2D eigenvalue weighted by Crippen LogP contribution is -2.30. The number of rotatable bonds is 4. The predicted molar refractivity (Wildman–Crippen MR) is 67.4 cm³/mol. The molecule has 0 heterocycles. The van der Waals surface area contributed by atoms with Crippen LogP contribution in [-0.2, 0) is 0 Å². The Bertz CT molecular complexity index is 399. The minimum absolute atomic E-state index is 0.423. The number of hydrogen-bond donors (Lipinski definition) is 0. The Morgan fingerprint density at radius 1 is 1.31 bits per heavy atom. The van der Waals surface area contributed by atoms with Crippen LogP contribution in [0.2, 0.25) is 24.7 Å². The molecule has 0 amide bonds. The van der Waals surface area contributed by atoms with Crippen LogP contribution in [0.3, 0.4) is 0 Å². The topological polar surface area (TPSA) is 35.5 Å². The molecule has 16 heavy (non-hydrogen) atoms. The summed E-state index contributed by atoms with van der Waals surface area (Å²) in [5, 5.41) is 0.460. The van der Waals surface area contributed by atoms with Gasteiger partial charge in [-0.2, -0.15) is 0 Å². The van der Waals surface area contributed by atoms with E-state index < -0.39 is 8.32 Å². The molecule has 0 aliphatic carbocycles. The van der Waals surface area contributed by atoms with Gasteiger partial charge in [0.15, 0.2) is 17.8 Å². The first kappa shape index (κ1) is 13.1. The molecule has 0 radical (unpaired) electrons. The molecule has 0 atom stereocenters. The van der Waals surface area contributed by atoms with Crippen molar-refractivity contribution in [3.8, 4) is 11.5 Å². The van der Waals surface area contributed by atoms with Gasteiger partial charge in [-0.05, 0) is 25.7 Å². The fourth-order valence-electron chi connectivity index (χ4n) is 1.24. The Morgan fingerprint density at radius 3 is 2.38 bits per heavy atom. The molecule has 1 rings (SSSR count). The van der Waals surface area contributed by atoms with E-state index in [0.717, 1.165) is 6.29 Å². The molecule has 88 valence electrons. The van der Waals surface area contributed by atoms with Crippen LogP contribution in [0.5, 0.6) is 11.5 Å². The largest absolute Gasteiger partial charge is 0.541 e. The number of halogens is 1. The van der Waals surface area contributed by atoms with Crippen molar-refractivity contribution >= 4 is 26.2 Å². The third-order valence-corrected chi connectivity index (χ3v) is 2.84. The average molecular weight is 259 g/mol. The first-order valence-electron chi connectivity index (χ1n) is 4.89. The van der Waals surface area contributed by atoms with Gasteiger partial charge in [0.25, 0.3) is 0 Å². The van der Waals surface area contributed by atoms with E-state index in [1.807, 2.05) is 19.6 Å². The molecule has 0 unspecified atom stereocenters. The summed E-state index contributed by atoms with van der Waals surface area (Å²) in [5.41, 5.74) is 0.423. The molecule has 3 nitrogen and oxygen atoms in total. The van der Waals surface area contributed by atoms with Crippen LogP contribution in [0.15, 0.2) is 12.1 Å². The standard InChI is InChI=1S/C11H15ClO3Si/c1-14-10-6-9(12)5-8(7-13)11(10)15-16(2,3)4/h5-7H,1-4H3. The number of aldehydes is 1. The summed E-state index contributed by atoms with van der Waals surface area (Å²) >= 11 is 5.87. The monoisotopic (exact) mass is 258 g/mol. The van der Waals surface area contributed by atoms with Crippen LogP contribution >= 0.6 is 11.6 Å². The zero-order valence-electron chi connectivity index (χ0n) is 9.83. The maximum atomic E-state index is 11.0. The second-order valence-electron chi connectivity index (χ2n) is 4.36. The number of benzene rings is 1. The minimum Gasteiger partial charge on any atom is -0.541 e. The van der Waals surface area contributed by atoms with Crippen molar-refractivity contribution < 1.29 is 14.0 Å². The van der Waals surface area contributed by atoms with Crippen LogP contribution < -0.4 is 9.16 Å². The summed E-state index contributed by atoms with van der Waals surface area (Å²) in [5.74, 6) is 0.984. The van der Waals surface area contributed by atoms with Gasteiger partial charge in [-0.3, -0.25) is 4.79 Å². The molecule has 0 fully saturated rings. The van der Waals surface area contributed by atoms with Crippen molar-refractivity contribution in [3.05, 3.63) is 22.7 Å². The Hall–Kier alpha value is -1.00. The highest BCUT2D eigenvalue weighted by Gasteiger charge is 2.21. The molecule has 0 spiro atoms. The quantitative estimate of drug-likeness (QED) is 0.614. The van der Waals surface area contributed by atoms with Crippen LogP contribution in [0, 0.1) is 0 Å². The van der Waals surface area contributed by atoms with E-state index in [2.05, 4.69) is 0 Å². The SMILES string of the molecule is COc1cc(Cl)cc(C=O)c1O[Si](C)(C)C. The first-order chi connectivity index (χ1) is 7.37. The van der Waals surface area contributed by atoms with Gasteiger partial charge < -0.3 is 9.16 Å². The molecule has 0 N–H and O–H groups in total. The van der Waals surface area contributed by atoms with E-state index >= 15 is 0 Å². The third kappa shape index (κ3) is 3.25. The molecular formula is C11H15ClO3Si. The molecular weight excluding hydrogens is 244 g/mol. The Kier molecular flexibility index (Phi) is 3.99. The summed E-state index contributed by atoms with van der Waals surface area (Å²) in [4.78, 5) is 11.0. The van der Waals surface area contributed by atoms with Crippen molar-refractivity contribution in [1.29, 1.82) is 0 Å². The van der Waals surface area contributed by atoms with Crippen molar-refractivity contribution in [2.45, 2.75) is 19.6 Å². The maximum Gasteiger partial charge on any atom is 0.242 e. The summed E-state index contributed by atoms with van der Waals surface area (Å²) < 4.78 is 11.0. The summed E-state index contributed by atoms with van der Waals surface area (Å²) in [7, 11) is -0.268. The van der Waals surface area contributed by atoms with E-state index in [1.54, 1.807) is 12.1 Å². The van der Waals surface area contributed by atoms with Gasteiger partial charge in [0.2, 0.25) is 8.32 Å². The normalized spacial score (nSPS) is 11.1. The Labute approximate surface area is 101 Å². The lowest BCUT2D eigenvalue weighted by atomic mass is 10.2. The molecule has 5 heteroatoms. The van der Waals surface area contributed by atoms with Gasteiger partial charge in [-0.25, -0.2) is 0 Å². The van der Waals surface area contributed by atoms with Crippen LogP contribution in [0.4, 0.5) is 0 Å². The average Bonchev–Trinajstić information content (AvgIpc) is 2.18. The van der Waals surface area contributed by atoms with Crippen molar-refractivity contribution in [2.75, 3.05) is 7.11 Å². The number of hydrogen-bond acceptors (Lipinski definition) is 3. The van der Waals surface area contributed by atoms with Crippen LogP contribution in [0.1, 0.15) is 10.4 Å². The van der Waals surface area contributed by atoms with E-state index in [4.69, 9.17) is 20.8 Å². The number of carbonyl (C=O) groups excluding carboxylic acids is 1. The maximum absolute atomic E-state index is 11.0. The molecule has 0 saturated carbocycles.